The van der Waals surface area contributed by atoms with Gasteiger partial charge in [-0.25, -0.2) is 4.79 Å². The molecule has 0 aliphatic rings. The maximum atomic E-state index is 9.80. The summed E-state index contributed by atoms with van der Waals surface area (Å²) in [7, 11) is 0. The normalized spacial score (nSPS) is 9.77. The number of halogens is 1. The fraction of sp³-hybridized carbons (Fsp3) is 0.429. The Balaban J connectivity index is -0.000000143. The number of hydrogen-bond acceptors (Lipinski definition) is 3. The van der Waals surface area contributed by atoms with Crippen LogP contribution in [0.4, 0.5) is 0 Å². The Hall–Kier alpha value is -1.07. The van der Waals surface area contributed by atoms with Crippen LogP contribution in [0.1, 0.15) is 13.8 Å². The van der Waals surface area contributed by atoms with E-state index >= 15 is 0 Å². The quantitative estimate of drug-likeness (QED) is 0.553. The second-order valence-corrected chi connectivity index (χ2v) is 2.28. The number of primary amides is 1. The van der Waals surface area contributed by atoms with Crippen LogP contribution in [0.3, 0.4) is 0 Å². The molecule has 78 valence electrons. The molecule has 0 spiro atoms. The maximum Gasteiger partial charge on any atom is 0.330 e. The van der Waals surface area contributed by atoms with E-state index in [1.54, 1.807) is 6.92 Å². The van der Waals surface area contributed by atoms with Gasteiger partial charge >= 0.3 is 5.97 Å². The molecule has 1 atom stereocenters. The second-order valence-electron chi connectivity index (χ2n) is 2.28. The van der Waals surface area contributed by atoms with Crippen LogP contribution in [0.2, 0.25) is 0 Å². The molecule has 1 unspecified atom stereocenters. The summed E-state index contributed by atoms with van der Waals surface area (Å²) in [6.45, 7) is 6.15. The van der Waals surface area contributed by atoms with Gasteiger partial charge in [-0.1, -0.05) is 6.58 Å². The molecule has 13 heavy (non-hydrogen) atoms. The minimum absolute atomic E-state index is 0. The van der Waals surface area contributed by atoms with Crippen molar-refractivity contribution in [3.63, 3.8) is 0 Å². The predicted octanol–water partition coefficient (Wildman–Crippen LogP) is -0.112. The van der Waals surface area contributed by atoms with Gasteiger partial charge in [0.2, 0.25) is 5.91 Å². The number of nitrogens with two attached hydrogens (primary N) is 2. The van der Waals surface area contributed by atoms with E-state index in [2.05, 4.69) is 12.3 Å². The summed E-state index contributed by atoms with van der Waals surface area (Å²) in [5.41, 5.74) is 9.81. The standard InChI is InChI=1S/C4H6O2.C3H8N2O.ClH/c1-3(2)4(5)6;1-2(4)3(5)6;/h1H2,2H3,(H,5,6);2H,4H2,1H3,(H2,5,6);1H. The molecule has 0 bridgehead atoms. The van der Waals surface area contributed by atoms with Crippen LogP contribution in [0.15, 0.2) is 12.2 Å². The Morgan fingerprint density at radius 3 is 1.62 bits per heavy atom. The lowest BCUT2D eigenvalue weighted by atomic mass is 10.4. The number of carbonyl (C=O) groups excluding carboxylic acids is 1. The molecule has 0 aromatic heterocycles. The van der Waals surface area contributed by atoms with Gasteiger partial charge in [0, 0.05) is 5.57 Å². The van der Waals surface area contributed by atoms with Crippen molar-refractivity contribution in [2.45, 2.75) is 19.9 Å². The van der Waals surface area contributed by atoms with Gasteiger partial charge < -0.3 is 16.6 Å². The zero-order valence-electron chi connectivity index (χ0n) is 7.61. The van der Waals surface area contributed by atoms with Gasteiger partial charge in [-0.3, -0.25) is 4.79 Å². The topological polar surface area (TPSA) is 106 Å². The van der Waals surface area contributed by atoms with Crippen molar-refractivity contribution < 1.29 is 14.7 Å². The van der Waals surface area contributed by atoms with Gasteiger partial charge in [0.25, 0.3) is 0 Å². The third kappa shape index (κ3) is 18.1. The Morgan fingerprint density at radius 1 is 1.46 bits per heavy atom. The van der Waals surface area contributed by atoms with Crippen molar-refractivity contribution in [1.29, 1.82) is 0 Å². The fourth-order valence-corrected chi connectivity index (χ4v) is 0. The van der Waals surface area contributed by atoms with E-state index in [1.165, 1.54) is 6.92 Å². The highest BCUT2D eigenvalue weighted by molar-refractivity contribution is 5.85. The monoisotopic (exact) mass is 210 g/mol. The van der Waals surface area contributed by atoms with E-state index in [-0.39, 0.29) is 18.0 Å². The summed E-state index contributed by atoms with van der Waals surface area (Å²) in [5.74, 6) is -1.40. The number of carboxylic acid groups (broad SMARTS) is 1. The van der Waals surface area contributed by atoms with Gasteiger partial charge in [0.1, 0.15) is 0 Å². The molecular weight excluding hydrogens is 196 g/mol. The maximum absolute atomic E-state index is 9.80. The first-order chi connectivity index (χ1) is 5.29. The van der Waals surface area contributed by atoms with E-state index in [0.717, 1.165) is 0 Å². The smallest absolute Gasteiger partial charge is 0.330 e. The van der Waals surface area contributed by atoms with Crippen molar-refractivity contribution in [2.75, 3.05) is 0 Å². The van der Waals surface area contributed by atoms with Crippen LogP contribution < -0.4 is 11.5 Å². The first-order valence-electron chi connectivity index (χ1n) is 3.22. The third-order valence-corrected chi connectivity index (χ3v) is 0.814. The van der Waals surface area contributed by atoms with E-state index in [0.29, 0.717) is 0 Å². The van der Waals surface area contributed by atoms with Gasteiger partial charge in [0.15, 0.2) is 0 Å². The van der Waals surface area contributed by atoms with Gasteiger partial charge in [-0.2, -0.15) is 0 Å². The first kappa shape index (κ1) is 17.9. The van der Waals surface area contributed by atoms with Crippen molar-refractivity contribution >= 4 is 24.3 Å². The summed E-state index contributed by atoms with van der Waals surface area (Å²) >= 11 is 0. The number of amides is 1. The summed E-state index contributed by atoms with van der Waals surface area (Å²) in [5, 5.41) is 7.89. The van der Waals surface area contributed by atoms with Crippen molar-refractivity contribution in [3.8, 4) is 0 Å². The number of aliphatic carboxylic acids is 1. The molecule has 0 aromatic carbocycles. The van der Waals surface area contributed by atoms with Crippen molar-refractivity contribution in [3.05, 3.63) is 12.2 Å². The number of carbonyl (C=O) groups is 2. The van der Waals surface area contributed by atoms with Crippen molar-refractivity contribution in [2.24, 2.45) is 11.5 Å². The summed E-state index contributed by atoms with van der Waals surface area (Å²) in [6.07, 6.45) is 0. The molecule has 0 aliphatic carbocycles. The molecule has 0 aliphatic heterocycles. The third-order valence-electron chi connectivity index (χ3n) is 0.814. The number of carboxylic acids is 1. The Bertz CT molecular complexity index is 180. The van der Waals surface area contributed by atoms with Crippen molar-refractivity contribution in [1.82, 2.24) is 0 Å². The van der Waals surface area contributed by atoms with E-state index in [9.17, 15) is 9.59 Å². The van der Waals surface area contributed by atoms with Crippen LogP contribution in [-0.2, 0) is 9.59 Å². The molecule has 0 saturated carbocycles. The molecule has 0 aromatic rings. The van der Waals surface area contributed by atoms with Crippen LogP contribution in [0, 0.1) is 0 Å². The molecule has 0 fully saturated rings. The molecule has 0 heterocycles. The molecule has 0 saturated heterocycles. The molecule has 5 nitrogen and oxygen atoms in total. The Morgan fingerprint density at radius 2 is 1.62 bits per heavy atom. The molecule has 1 amide bonds. The highest BCUT2D eigenvalue weighted by Gasteiger charge is 1.96. The SMILES string of the molecule is C=C(C)C(=O)O.CC(N)C(N)=O.Cl. The van der Waals surface area contributed by atoms with Crippen LogP contribution in [0.5, 0.6) is 0 Å². The number of rotatable bonds is 2. The Labute approximate surface area is 83.2 Å². The highest BCUT2D eigenvalue weighted by atomic mass is 35.5. The number of hydrogen-bond donors (Lipinski definition) is 3. The van der Waals surface area contributed by atoms with Crippen LogP contribution >= 0.6 is 12.4 Å². The van der Waals surface area contributed by atoms with Gasteiger partial charge in [0.05, 0.1) is 6.04 Å². The molecule has 0 radical (unpaired) electrons. The van der Waals surface area contributed by atoms with E-state index in [4.69, 9.17) is 10.8 Å². The average molecular weight is 211 g/mol. The van der Waals surface area contributed by atoms with Gasteiger partial charge in [-0.05, 0) is 13.8 Å². The first-order valence-corrected chi connectivity index (χ1v) is 3.22. The molecular formula is C7H15ClN2O3. The van der Waals surface area contributed by atoms with Crippen LogP contribution in [0.25, 0.3) is 0 Å². The lowest BCUT2D eigenvalue weighted by Gasteiger charge is -1.91. The minimum atomic E-state index is -0.935. The lowest BCUT2D eigenvalue weighted by molar-refractivity contribution is -0.132. The average Bonchev–Trinajstić information content (AvgIpc) is 1.88. The Kier molecular flexibility index (Phi) is 12.4. The molecule has 0 rings (SSSR count). The fourth-order valence-electron chi connectivity index (χ4n) is 0. The zero-order chi connectivity index (χ0) is 10.3. The van der Waals surface area contributed by atoms with E-state index in [1.807, 2.05) is 0 Å². The van der Waals surface area contributed by atoms with Gasteiger partial charge in [-0.15, -0.1) is 12.4 Å². The summed E-state index contributed by atoms with van der Waals surface area (Å²) in [6, 6.07) is -0.509. The molecule has 5 N–H and O–H groups in total. The largest absolute Gasteiger partial charge is 0.478 e. The minimum Gasteiger partial charge on any atom is -0.478 e. The predicted molar refractivity (Wildman–Crippen MR) is 52.5 cm³/mol. The summed E-state index contributed by atoms with van der Waals surface area (Å²) in [4.78, 5) is 19.4. The molecule has 6 heteroatoms. The second kappa shape index (κ2) is 9.02. The lowest BCUT2D eigenvalue weighted by Crippen LogP contribution is -2.32. The summed E-state index contributed by atoms with van der Waals surface area (Å²) < 4.78 is 0. The van der Waals surface area contributed by atoms with Crippen LogP contribution in [-0.4, -0.2) is 23.0 Å². The highest BCUT2D eigenvalue weighted by Crippen LogP contribution is 1.81. The zero-order valence-corrected chi connectivity index (χ0v) is 8.43. The van der Waals surface area contributed by atoms with E-state index < -0.39 is 17.9 Å².